The van der Waals surface area contributed by atoms with E-state index in [1.54, 1.807) is 4.68 Å². The van der Waals surface area contributed by atoms with E-state index in [0.717, 1.165) is 17.7 Å². The second-order valence-electron chi connectivity index (χ2n) is 5.32. The van der Waals surface area contributed by atoms with Crippen molar-refractivity contribution in [1.82, 2.24) is 20.4 Å². The number of nitrogens with zero attached hydrogens (tertiary/aromatic N) is 2. The van der Waals surface area contributed by atoms with Crippen LogP contribution in [0.2, 0.25) is 0 Å². The molecule has 0 spiro atoms. The Bertz CT molecular complexity index is 512. The zero-order valence-electron chi connectivity index (χ0n) is 13.1. The number of aromatic nitrogens is 2. The molecule has 1 rings (SSSR count). The third-order valence-corrected chi connectivity index (χ3v) is 3.38. The van der Waals surface area contributed by atoms with Crippen LogP contribution >= 0.6 is 0 Å². The minimum absolute atomic E-state index is 0.324. The highest BCUT2D eigenvalue weighted by molar-refractivity contribution is 5.85. The van der Waals surface area contributed by atoms with Crippen LogP contribution in [-0.2, 0) is 24.8 Å². The lowest BCUT2D eigenvalue weighted by Crippen LogP contribution is -2.55. The van der Waals surface area contributed by atoms with E-state index in [0.29, 0.717) is 19.4 Å². The van der Waals surface area contributed by atoms with E-state index in [9.17, 15) is 14.7 Å². The van der Waals surface area contributed by atoms with Gasteiger partial charge in [-0.2, -0.15) is 5.10 Å². The fourth-order valence-corrected chi connectivity index (χ4v) is 2.22. The second kappa shape index (κ2) is 7.10. The minimum Gasteiger partial charge on any atom is -0.480 e. The van der Waals surface area contributed by atoms with Crippen LogP contribution in [-0.4, -0.2) is 32.4 Å². The molecule has 1 atom stereocenters. The number of carboxylic acid groups (broad SMARTS) is 1. The van der Waals surface area contributed by atoms with E-state index in [1.807, 2.05) is 27.1 Å². The van der Waals surface area contributed by atoms with Gasteiger partial charge in [-0.3, -0.25) is 4.68 Å². The van der Waals surface area contributed by atoms with Crippen LogP contribution in [0.4, 0.5) is 4.79 Å². The molecule has 118 valence electrons. The summed E-state index contributed by atoms with van der Waals surface area (Å²) in [6.07, 6.45) is 3.68. The molecule has 0 bridgehead atoms. The summed E-state index contributed by atoms with van der Waals surface area (Å²) in [5.41, 5.74) is 0.608. The highest BCUT2D eigenvalue weighted by Crippen LogP contribution is 2.12. The summed E-state index contributed by atoms with van der Waals surface area (Å²) < 4.78 is 1.70. The number of nitrogens with one attached hydrogen (secondary N) is 2. The van der Waals surface area contributed by atoms with Gasteiger partial charge in [-0.25, -0.2) is 9.59 Å². The lowest BCUT2D eigenvalue weighted by molar-refractivity contribution is -0.144. The molecule has 21 heavy (non-hydrogen) atoms. The summed E-state index contributed by atoms with van der Waals surface area (Å²) in [4.78, 5) is 23.2. The maximum Gasteiger partial charge on any atom is 0.329 e. The summed E-state index contributed by atoms with van der Waals surface area (Å²) in [6, 6.07) is -0.487. The standard InChI is InChI=1S/C14H24N4O3/c1-5-7-14(3,12(19)20)16-13(21)15-8-10-9-18(4)17-11(10)6-2/h9H,5-8H2,1-4H3,(H,19,20)(H2,15,16,21). The van der Waals surface area contributed by atoms with Gasteiger partial charge in [0.25, 0.3) is 0 Å². The molecule has 0 aliphatic heterocycles. The van der Waals surface area contributed by atoms with Gasteiger partial charge in [0.2, 0.25) is 0 Å². The summed E-state index contributed by atoms with van der Waals surface area (Å²) in [5, 5.41) is 18.7. The first-order valence-electron chi connectivity index (χ1n) is 7.13. The van der Waals surface area contributed by atoms with Crippen LogP contribution in [0.15, 0.2) is 6.20 Å². The molecule has 1 aromatic heterocycles. The topological polar surface area (TPSA) is 96.3 Å². The van der Waals surface area contributed by atoms with E-state index in [-0.39, 0.29) is 0 Å². The first kappa shape index (κ1) is 17.0. The van der Waals surface area contributed by atoms with E-state index in [4.69, 9.17) is 0 Å². The van der Waals surface area contributed by atoms with Gasteiger partial charge in [0, 0.05) is 25.4 Å². The van der Waals surface area contributed by atoms with Gasteiger partial charge >= 0.3 is 12.0 Å². The molecule has 0 fully saturated rings. The average molecular weight is 296 g/mol. The molecule has 7 heteroatoms. The highest BCUT2D eigenvalue weighted by Gasteiger charge is 2.33. The van der Waals surface area contributed by atoms with Gasteiger partial charge in [-0.15, -0.1) is 0 Å². The Kier molecular flexibility index (Phi) is 5.75. The third-order valence-electron chi connectivity index (χ3n) is 3.38. The predicted molar refractivity (Wildman–Crippen MR) is 78.9 cm³/mol. The van der Waals surface area contributed by atoms with Crippen LogP contribution in [0.1, 0.15) is 44.9 Å². The zero-order valence-corrected chi connectivity index (χ0v) is 13.1. The largest absolute Gasteiger partial charge is 0.480 e. The van der Waals surface area contributed by atoms with E-state index in [1.165, 1.54) is 6.92 Å². The number of aryl methyl sites for hydroxylation is 2. The van der Waals surface area contributed by atoms with Crippen molar-refractivity contribution in [2.24, 2.45) is 7.05 Å². The molecule has 0 saturated heterocycles. The van der Waals surface area contributed by atoms with Crippen molar-refractivity contribution in [3.63, 3.8) is 0 Å². The lowest BCUT2D eigenvalue weighted by Gasteiger charge is -2.25. The maximum absolute atomic E-state index is 11.9. The minimum atomic E-state index is -1.25. The molecule has 2 amide bonds. The van der Waals surface area contributed by atoms with Gasteiger partial charge in [0.15, 0.2) is 0 Å². The third kappa shape index (κ3) is 4.47. The molecule has 1 aromatic rings. The Morgan fingerprint density at radius 2 is 2.10 bits per heavy atom. The van der Waals surface area contributed by atoms with E-state index < -0.39 is 17.5 Å². The Morgan fingerprint density at radius 3 is 2.62 bits per heavy atom. The van der Waals surface area contributed by atoms with Crippen molar-refractivity contribution in [3.05, 3.63) is 17.5 Å². The molecule has 1 unspecified atom stereocenters. The van der Waals surface area contributed by atoms with Crippen LogP contribution in [0.5, 0.6) is 0 Å². The number of hydrogen-bond acceptors (Lipinski definition) is 3. The smallest absolute Gasteiger partial charge is 0.329 e. The van der Waals surface area contributed by atoms with Gasteiger partial charge in [0.05, 0.1) is 5.69 Å². The number of carboxylic acids is 1. The Labute approximate surface area is 124 Å². The molecular formula is C14H24N4O3. The van der Waals surface area contributed by atoms with E-state index >= 15 is 0 Å². The number of aliphatic carboxylic acids is 1. The van der Waals surface area contributed by atoms with Gasteiger partial charge in [0.1, 0.15) is 5.54 Å². The monoisotopic (exact) mass is 296 g/mol. The first-order chi connectivity index (χ1) is 9.82. The van der Waals surface area contributed by atoms with Crippen LogP contribution < -0.4 is 10.6 Å². The van der Waals surface area contributed by atoms with Crippen molar-refractivity contribution >= 4 is 12.0 Å². The molecule has 7 nitrogen and oxygen atoms in total. The van der Waals surface area contributed by atoms with Crippen molar-refractivity contribution in [1.29, 1.82) is 0 Å². The van der Waals surface area contributed by atoms with Crippen LogP contribution in [0, 0.1) is 0 Å². The van der Waals surface area contributed by atoms with E-state index in [2.05, 4.69) is 15.7 Å². The van der Waals surface area contributed by atoms with Crippen molar-refractivity contribution in [3.8, 4) is 0 Å². The molecule has 0 aliphatic rings. The number of carbonyl (C=O) groups is 2. The number of amides is 2. The van der Waals surface area contributed by atoms with Crippen molar-refractivity contribution in [2.45, 2.75) is 52.1 Å². The summed E-state index contributed by atoms with van der Waals surface area (Å²) >= 11 is 0. The second-order valence-corrected chi connectivity index (χ2v) is 5.32. The molecule has 0 radical (unpaired) electrons. The molecule has 0 aliphatic carbocycles. The average Bonchev–Trinajstić information content (AvgIpc) is 2.76. The van der Waals surface area contributed by atoms with Crippen molar-refractivity contribution in [2.75, 3.05) is 0 Å². The SMILES string of the molecule is CCCC(C)(NC(=O)NCc1cn(C)nc1CC)C(=O)O. The highest BCUT2D eigenvalue weighted by atomic mass is 16.4. The molecule has 3 N–H and O–H groups in total. The summed E-state index contributed by atoms with van der Waals surface area (Å²) in [5.74, 6) is -1.03. The Balaban J connectivity index is 2.63. The van der Waals surface area contributed by atoms with Crippen LogP contribution in [0.3, 0.4) is 0 Å². The fraction of sp³-hybridized carbons (Fsp3) is 0.643. The van der Waals surface area contributed by atoms with Gasteiger partial charge in [-0.1, -0.05) is 20.3 Å². The number of rotatable bonds is 7. The summed E-state index contributed by atoms with van der Waals surface area (Å²) in [7, 11) is 1.82. The maximum atomic E-state index is 11.9. The predicted octanol–water partition coefficient (Wildman–Crippen LogP) is 1.43. The quantitative estimate of drug-likeness (QED) is 0.709. The normalized spacial score (nSPS) is 13.5. The van der Waals surface area contributed by atoms with Gasteiger partial charge in [-0.05, 0) is 19.8 Å². The van der Waals surface area contributed by atoms with Crippen molar-refractivity contribution < 1.29 is 14.7 Å². The van der Waals surface area contributed by atoms with Crippen LogP contribution in [0.25, 0.3) is 0 Å². The van der Waals surface area contributed by atoms with Gasteiger partial charge < -0.3 is 15.7 Å². The Morgan fingerprint density at radius 1 is 1.43 bits per heavy atom. The molecule has 1 heterocycles. The molecular weight excluding hydrogens is 272 g/mol. The Hall–Kier alpha value is -2.05. The number of carbonyl (C=O) groups excluding carboxylic acids is 1. The lowest BCUT2D eigenvalue weighted by atomic mass is 9.97. The number of hydrogen-bond donors (Lipinski definition) is 3. The fourth-order valence-electron chi connectivity index (χ4n) is 2.22. The first-order valence-corrected chi connectivity index (χ1v) is 7.13. The summed E-state index contributed by atoms with van der Waals surface area (Å²) in [6.45, 7) is 5.71. The number of urea groups is 1. The zero-order chi connectivity index (χ0) is 16.0. The molecule has 0 aromatic carbocycles. The molecule has 0 saturated carbocycles.